The number of carbonyl (C=O) groups is 1. The molecular formula is C21H18ClN5O. The van der Waals surface area contributed by atoms with Crippen LogP contribution in [0.4, 0.5) is 0 Å². The lowest BCUT2D eigenvalue weighted by Crippen LogP contribution is -2.18. The maximum atomic E-state index is 12.1. The van der Waals surface area contributed by atoms with Gasteiger partial charge in [-0.3, -0.25) is 4.79 Å². The van der Waals surface area contributed by atoms with Gasteiger partial charge in [-0.15, -0.1) is 0 Å². The second-order valence-corrected chi connectivity index (χ2v) is 6.79. The van der Waals surface area contributed by atoms with Crippen LogP contribution in [0.2, 0.25) is 0 Å². The first-order chi connectivity index (χ1) is 13.6. The van der Waals surface area contributed by atoms with Crippen molar-refractivity contribution >= 4 is 28.8 Å². The van der Waals surface area contributed by atoms with Crippen molar-refractivity contribution in [3.05, 3.63) is 82.8 Å². The summed E-state index contributed by atoms with van der Waals surface area (Å²) in [5, 5.41) is 9.31. The van der Waals surface area contributed by atoms with Gasteiger partial charge in [-0.2, -0.15) is 10.2 Å². The Kier molecular flexibility index (Phi) is 5.04. The van der Waals surface area contributed by atoms with Crippen LogP contribution in [0.3, 0.4) is 0 Å². The van der Waals surface area contributed by atoms with Gasteiger partial charge in [0.15, 0.2) is 5.82 Å². The molecule has 28 heavy (non-hydrogen) atoms. The minimum absolute atomic E-state index is 0.260. The van der Waals surface area contributed by atoms with Crippen LogP contribution < -0.4 is 5.43 Å². The van der Waals surface area contributed by atoms with Crippen molar-refractivity contribution in [3.63, 3.8) is 0 Å². The molecule has 0 atom stereocenters. The summed E-state index contributed by atoms with van der Waals surface area (Å²) >= 11 is 6.65. The minimum Gasteiger partial charge on any atom is -0.267 e. The molecule has 1 aliphatic rings. The monoisotopic (exact) mass is 391 g/mol. The lowest BCUT2D eigenvalue weighted by atomic mass is 9.96. The summed E-state index contributed by atoms with van der Waals surface area (Å²) in [6, 6.07) is 14.7. The Morgan fingerprint density at radius 3 is 2.71 bits per heavy atom. The molecule has 4 rings (SSSR count). The van der Waals surface area contributed by atoms with Crippen LogP contribution in [0.25, 0.3) is 10.9 Å². The molecule has 0 aliphatic heterocycles. The first-order valence-corrected chi connectivity index (χ1v) is 9.30. The summed E-state index contributed by atoms with van der Waals surface area (Å²) in [5.41, 5.74) is 6.75. The van der Waals surface area contributed by atoms with E-state index >= 15 is 0 Å². The minimum atomic E-state index is -0.260. The molecule has 0 radical (unpaired) electrons. The topological polar surface area (TPSA) is 72.2 Å². The van der Waals surface area contributed by atoms with Crippen molar-refractivity contribution in [2.45, 2.75) is 19.8 Å². The fourth-order valence-electron chi connectivity index (χ4n) is 3.23. The first kappa shape index (κ1) is 18.1. The number of aryl methyl sites for hydroxylation is 1. The van der Waals surface area contributed by atoms with Gasteiger partial charge < -0.3 is 0 Å². The van der Waals surface area contributed by atoms with Crippen molar-refractivity contribution in [3.8, 4) is 5.82 Å². The van der Waals surface area contributed by atoms with E-state index < -0.39 is 0 Å². The molecule has 0 spiro atoms. The van der Waals surface area contributed by atoms with Crippen molar-refractivity contribution in [1.29, 1.82) is 0 Å². The van der Waals surface area contributed by atoms with E-state index in [9.17, 15) is 4.79 Å². The summed E-state index contributed by atoms with van der Waals surface area (Å²) in [6.45, 7) is 1.93. The maximum absolute atomic E-state index is 12.1. The Hall–Kier alpha value is -3.25. The first-order valence-electron chi connectivity index (χ1n) is 8.92. The van der Waals surface area contributed by atoms with E-state index in [4.69, 9.17) is 11.6 Å². The molecule has 140 valence electrons. The summed E-state index contributed by atoms with van der Waals surface area (Å²) < 4.78 is 1.85. The summed E-state index contributed by atoms with van der Waals surface area (Å²) in [4.78, 5) is 16.5. The quantitative estimate of drug-likeness (QED) is 0.541. The van der Waals surface area contributed by atoms with E-state index in [1.807, 2.05) is 48.0 Å². The molecule has 1 aliphatic carbocycles. The van der Waals surface area contributed by atoms with Gasteiger partial charge in [-0.05, 0) is 49.6 Å². The fraction of sp³-hybridized carbons (Fsp3) is 0.143. The number of hydrazone groups is 1. The van der Waals surface area contributed by atoms with Crippen LogP contribution in [0, 0.1) is 6.92 Å². The van der Waals surface area contributed by atoms with Crippen LogP contribution in [-0.2, 0) is 6.42 Å². The lowest BCUT2D eigenvalue weighted by molar-refractivity contribution is 0.0955. The maximum Gasteiger partial charge on any atom is 0.271 e. The van der Waals surface area contributed by atoms with Crippen molar-refractivity contribution < 1.29 is 4.79 Å². The van der Waals surface area contributed by atoms with E-state index in [-0.39, 0.29) is 5.91 Å². The highest BCUT2D eigenvalue weighted by Crippen LogP contribution is 2.36. The number of hydrogen-bond donors (Lipinski definition) is 1. The fourth-order valence-corrected chi connectivity index (χ4v) is 3.62. The summed E-state index contributed by atoms with van der Waals surface area (Å²) in [6.07, 6.45) is 4.82. The van der Waals surface area contributed by atoms with E-state index in [1.165, 1.54) is 0 Å². The number of pyridine rings is 1. The predicted octanol–water partition coefficient (Wildman–Crippen LogP) is 3.89. The molecule has 1 N–H and O–H groups in total. The molecule has 0 fully saturated rings. The lowest BCUT2D eigenvalue weighted by Gasteiger charge is -2.16. The number of halogens is 1. The van der Waals surface area contributed by atoms with E-state index in [0.717, 1.165) is 34.8 Å². The number of rotatable bonds is 4. The summed E-state index contributed by atoms with van der Waals surface area (Å²) in [5.74, 6) is 0.507. The number of aromatic nitrogens is 3. The van der Waals surface area contributed by atoms with Gasteiger partial charge in [0.05, 0.1) is 22.6 Å². The molecule has 2 heterocycles. The van der Waals surface area contributed by atoms with Crippen LogP contribution >= 0.6 is 11.6 Å². The Morgan fingerprint density at radius 1 is 1.18 bits per heavy atom. The highest BCUT2D eigenvalue weighted by atomic mass is 35.5. The van der Waals surface area contributed by atoms with E-state index in [0.29, 0.717) is 17.0 Å². The average molecular weight is 392 g/mol. The number of benzene rings is 1. The van der Waals surface area contributed by atoms with Crippen molar-refractivity contribution in [2.24, 2.45) is 5.10 Å². The Bertz CT molecular complexity index is 1070. The third-order valence-corrected chi connectivity index (χ3v) is 5.01. The Labute approximate surface area is 167 Å². The van der Waals surface area contributed by atoms with E-state index in [1.54, 1.807) is 24.5 Å². The zero-order valence-corrected chi connectivity index (χ0v) is 16.0. The van der Waals surface area contributed by atoms with Gasteiger partial charge in [0.25, 0.3) is 5.91 Å². The number of carbonyl (C=O) groups excluding carboxylic acids is 1. The molecule has 0 bridgehead atoms. The van der Waals surface area contributed by atoms with Crippen LogP contribution in [-0.4, -0.2) is 26.9 Å². The number of amides is 1. The smallest absolute Gasteiger partial charge is 0.267 e. The second-order valence-electron chi connectivity index (χ2n) is 6.41. The molecular weight excluding hydrogens is 374 g/mol. The molecule has 1 amide bonds. The highest BCUT2D eigenvalue weighted by molar-refractivity contribution is 6.51. The molecule has 0 unspecified atom stereocenters. The molecule has 0 saturated heterocycles. The highest BCUT2D eigenvalue weighted by Gasteiger charge is 2.25. The van der Waals surface area contributed by atoms with Crippen LogP contribution in [0.5, 0.6) is 0 Å². The van der Waals surface area contributed by atoms with Gasteiger partial charge in [-0.25, -0.2) is 15.1 Å². The van der Waals surface area contributed by atoms with Gasteiger partial charge in [0.1, 0.15) is 0 Å². The van der Waals surface area contributed by atoms with Gasteiger partial charge >= 0.3 is 0 Å². The molecule has 0 saturated carbocycles. The standard InChI is InChI=1S/C21H18ClN5O/c1-14-19-17(27(26-14)18-9-5-6-12-23-18)11-10-16(20(19)22)13-24-25-21(28)15-7-3-2-4-8-15/h2-9,12-13H,10-11H2,1H3,(H,25,28)/b24-13+. The van der Waals surface area contributed by atoms with Crippen LogP contribution in [0.1, 0.15) is 33.7 Å². The van der Waals surface area contributed by atoms with Crippen molar-refractivity contribution in [2.75, 3.05) is 0 Å². The zero-order chi connectivity index (χ0) is 19.5. The largest absolute Gasteiger partial charge is 0.271 e. The normalized spacial score (nSPS) is 13.6. The zero-order valence-electron chi connectivity index (χ0n) is 15.3. The molecule has 2 aromatic heterocycles. The summed E-state index contributed by atoms with van der Waals surface area (Å²) in [7, 11) is 0. The second kappa shape index (κ2) is 7.78. The molecule has 7 heteroatoms. The molecule has 3 aromatic rings. The van der Waals surface area contributed by atoms with Crippen LogP contribution in [0.15, 0.2) is 65.4 Å². The van der Waals surface area contributed by atoms with Gasteiger partial charge in [-0.1, -0.05) is 35.9 Å². The van der Waals surface area contributed by atoms with E-state index in [2.05, 4.69) is 20.6 Å². The predicted molar refractivity (Wildman–Crippen MR) is 110 cm³/mol. The number of hydrogen-bond acceptors (Lipinski definition) is 4. The third-order valence-electron chi connectivity index (χ3n) is 4.58. The number of allylic oxidation sites excluding steroid dienone is 1. The SMILES string of the molecule is Cc1nn(-c2ccccn2)c2c1C(Cl)=C(/C=N/NC(=O)c1ccccc1)CC2. The average Bonchev–Trinajstić information content (AvgIpc) is 3.08. The molecule has 6 nitrogen and oxygen atoms in total. The number of nitrogens with one attached hydrogen (secondary N) is 1. The third kappa shape index (κ3) is 3.46. The van der Waals surface area contributed by atoms with Crippen molar-refractivity contribution in [1.82, 2.24) is 20.2 Å². The number of nitrogens with zero attached hydrogens (tertiary/aromatic N) is 4. The van der Waals surface area contributed by atoms with Gasteiger partial charge in [0, 0.05) is 17.3 Å². The van der Waals surface area contributed by atoms with Gasteiger partial charge in [0.2, 0.25) is 0 Å². The Morgan fingerprint density at radius 2 is 1.96 bits per heavy atom. The molecule has 1 aromatic carbocycles. The number of fused-ring (bicyclic) bond motifs is 1. The Balaban J connectivity index is 1.58.